The summed E-state index contributed by atoms with van der Waals surface area (Å²) in [6, 6.07) is 6.18. The van der Waals surface area contributed by atoms with Crippen LogP contribution in [0.3, 0.4) is 0 Å². The maximum atomic E-state index is 6.15. The molecule has 0 unspecified atom stereocenters. The smallest absolute Gasteiger partial charge is 0.150 e. The lowest BCUT2D eigenvalue weighted by molar-refractivity contribution is 0.414. The molecule has 182 valence electrons. The van der Waals surface area contributed by atoms with Crippen molar-refractivity contribution in [3.8, 4) is 17.2 Å². The average molecular weight is 461 g/mol. The number of allylic oxidation sites excluding steroid dienone is 4. The van der Waals surface area contributed by atoms with Crippen LogP contribution in [0.4, 0.5) is 0 Å². The quantitative estimate of drug-likeness (QED) is 0.432. The first-order valence-electron chi connectivity index (χ1n) is 13.3. The van der Waals surface area contributed by atoms with Crippen molar-refractivity contribution in [2.24, 2.45) is 4.99 Å². The number of aromatic nitrogens is 1. The Balaban J connectivity index is 1.43. The van der Waals surface area contributed by atoms with Crippen molar-refractivity contribution in [1.82, 2.24) is 4.98 Å². The van der Waals surface area contributed by atoms with Crippen molar-refractivity contribution in [2.45, 2.75) is 89.9 Å². The minimum Gasteiger partial charge on any atom is -0.494 e. The normalized spacial score (nSPS) is 21.4. The van der Waals surface area contributed by atoms with Crippen LogP contribution in [-0.2, 0) is 6.42 Å². The van der Waals surface area contributed by atoms with Gasteiger partial charge in [0.1, 0.15) is 11.5 Å². The van der Waals surface area contributed by atoms with E-state index in [2.05, 4.69) is 47.5 Å². The van der Waals surface area contributed by atoms with E-state index >= 15 is 0 Å². The van der Waals surface area contributed by atoms with Crippen molar-refractivity contribution in [1.29, 1.82) is 0 Å². The Hall–Kier alpha value is -2.75. The monoisotopic (exact) mass is 460 g/mol. The second-order valence-corrected chi connectivity index (χ2v) is 9.52. The van der Waals surface area contributed by atoms with Gasteiger partial charge in [0, 0.05) is 18.2 Å². The van der Waals surface area contributed by atoms with Crippen LogP contribution in [0.25, 0.3) is 17.5 Å². The highest BCUT2D eigenvalue weighted by molar-refractivity contribution is 5.99. The summed E-state index contributed by atoms with van der Waals surface area (Å²) >= 11 is 0. The van der Waals surface area contributed by atoms with E-state index in [4.69, 9.17) is 14.1 Å². The minimum atomic E-state index is 0.807. The Labute approximate surface area is 204 Å². The molecule has 0 saturated heterocycles. The molecular formula is C30H40N2O2. The summed E-state index contributed by atoms with van der Waals surface area (Å²) in [5.74, 6) is 2.73. The van der Waals surface area contributed by atoms with Crippen LogP contribution in [0.15, 0.2) is 57.6 Å². The second-order valence-electron chi connectivity index (χ2n) is 9.52. The lowest BCUT2D eigenvalue weighted by atomic mass is 10.1. The number of nitrogens with one attached hydrogen (secondary N) is 1. The molecule has 0 aromatic carbocycles. The molecule has 0 fully saturated rings. The number of rotatable bonds is 1. The van der Waals surface area contributed by atoms with Crippen LogP contribution >= 0.6 is 0 Å². The van der Waals surface area contributed by atoms with Crippen molar-refractivity contribution < 1.29 is 9.15 Å². The van der Waals surface area contributed by atoms with Gasteiger partial charge in [0.05, 0.1) is 24.2 Å². The Morgan fingerprint density at radius 2 is 1.53 bits per heavy atom. The number of aryl methyl sites for hydroxylation is 1. The van der Waals surface area contributed by atoms with Gasteiger partial charge in [-0.25, -0.2) is 0 Å². The highest BCUT2D eigenvalue weighted by atomic mass is 16.5. The molecular weight excluding hydrogens is 420 g/mol. The average Bonchev–Trinajstić information content (AvgIpc) is 3.58. The largest absolute Gasteiger partial charge is 0.494 e. The Morgan fingerprint density at radius 1 is 0.824 bits per heavy atom. The fourth-order valence-corrected chi connectivity index (χ4v) is 4.73. The molecule has 4 rings (SSSR count). The topological polar surface area (TPSA) is 50.5 Å². The molecule has 2 aliphatic heterocycles. The number of furan rings is 1. The van der Waals surface area contributed by atoms with Crippen molar-refractivity contribution in [2.75, 3.05) is 7.11 Å². The van der Waals surface area contributed by atoms with Crippen molar-refractivity contribution >= 4 is 11.8 Å². The van der Waals surface area contributed by atoms with E-state index < -0.39 is 0 Å². The molecule has 6 bridgehead atoms. The first kappa shape index (κ1) is 24.4. The van der Waals surface area contributed by atoms with E-state index in [-0.39, 0.29) is 0 Å². The number of hydrogen-bond acceptors (Lipinski definition) is 3. The molecule has 0 radical (unpaired) electrons. The number of aliphatic imine (C=N–C) groups is 1. The van der Waals surface area contributed by atoms with E-state index in [0.717, 1.165) is 52.9 Å². The van der Waals surface area contributed by atoms with E-state index in [1.807, 2.05) is 6.07 Å². The molecule has 2 aromatic rings. The van der Waals surface area contributed by atoms with Gasteiger partial charge >= 0.3 is 0 Å². The van der Waals surface area contributed by atoms with Gasteiger partial charge in [0.25, 0.3) is 0 Å². The second kappa shape index (κ2) is 13.2. The Kier molecular flexibility index (Phi) is 9.48. The number of H-pyrrole nitrogens is 1. The van der Waals surface area contributed by atoms with Crippen molar-refractivity contribution in [3.63, 3.8) is 0 Å². The molecule has 2 aromatic heterocycles. The van der Waals surface area contributed by atoms with Crippen LogP contribution in [-0.4, -0.2) is 17.8 Å². The first-order chi connectivity index (χ1) is 16.8. The molecule has 4 nitrogen and oxygen atoms in total. The summed E-state index contributed by atoms with van der Waals surface area (Å²) < 4.78 is 11.8. The van der Waals surface area contributed by atoms with Gasteiger partial charge in [-0.3, -0.25) is 4.99 Å². The molecule has 4 heterocycles. The third kappa shape index (κ3) is 7.38. The third-order valence-corrected chi connectivity index (χ3v) is 6.73. The third-order valence-electron chi connectivity index (χ3n) is 6.73. The molecule has 0 spiro atoms. The first-order valence-corrected chi connectivity index (χ1v) is 13.3. The fraction of sp³-hybridized carbons (Fsp3) is 0.500. The van der Waals surface area contributed by atoms with Gasteiger partial charge in [-0.15, -0.1) is 0 Å². The summed E-state index contributed by atoms with van der Waals surface area (Å²) in [4.78, 5) is 8.28. The zero-order valence-electron chi connectivity index (χ0n) is 20.8. The molecule has 34 heavy (non-hydrogen) atoms. The number of nitrogens with zero attached hydrogens (tertiary/aromatic N) is 1. The van der Waals surface area contributed by atoms with Crippen LogP contribution in [0, 0.1) is 0 Å². The predicted octanol–water partition coefficient (Wildman–Crippen LogP) is 8.82. The fourth-order valence-electron chi connectivity index (χ4n) is 4.73. The van der Waals surface area contributed by atoms with Crippen LogP contribution in [0.2, 0.25) is 0 Å². The van der Waals surface area contributed by atoms with Gasteiger partial charge in [0.15, 0.2) is 5.76 Å². The van der Waals surface area contributed by atoms with Gasteiger partial charge in [0.2, 0.25) is 0 Å². The number of hydrogen-bond donors (Lipinski definition) is 1. The summed E-state index contributed by atoms with van der Waals surface area (Å²) in [6.45, 7) is 0. The highest BCUT2D eigenvalue weighted by Gasteiger charge is 2.13. The molecule has 4 heteroatoms. The number of ether oxygens (including phenoxy) is 1. The van der Waals surface area contributed by atoms with E-state index in [9.17, 15) is 0 Å². The minimum absolute atomic E-state index is 0.807. The van der Waals surface area contributed by atoms with E-state index in [1.165, 1.54) is 77.0 Å². The zero-order chi connectivity index (χ0) is 23.4. The molecule has 2 aliphatic rings. The Morgan fingerprint density at radius 3 is 2.32 bits per heavy atom. The van der Waals surface area contributed by atoms with Gasteiger partial charge in [-0.2, -0.15) is 0 Å². The summed E-state index contributed by atoms with van der Waals surface area (Å²) in [6.07, 6.45) is 28.5. The molecule has 1 N–H and O–H groups in total. The van der Waals surface area contributed by atoms with Crippen molar-refractivity contribution in [3.05, 3.63) is 59.7 Å². The molecule has 0 amide bonds. The predicted molar refractivity (Wildman–Crippen MR) is 142 cm³/mol. The molecule has 0 saturated carbocycles. The summed E-state index contributed by atoms with van der Waals surface area (Å²) in [5, 5.41) is 0. The maximum absolute atomic E-state index is 6.15. The highest BCUT2D eigenvalue weighted by Crippen LogP contribution is 2.31. The SMILES string of the molecule is COc1cc2[nH]c1/C=C1/C=CC(=N1)CCCC/C=C/CCCCCCCCCCc1ccc-2o1. The zero-order valence-corrected chi connectivity index (χ0v) is 20.8. The van der Waals surface area contributed by atoms with E-state index in [1.54, 1.807) is 7.11 Å². The van der Waals surface area contributed by atoms with Crippen LogP contribution in [0.5, 0.6) is 5.75 Å². The number of aromatic amines is 1. The summed E-state index contributed by atoms with van der Waals surface area (Å²) in [5.41, 5.74) is 3.99. The van der Waals surface area contributed by atoms with Crippen LogP contribution in [0.1, 0.15) is 94.9 Å². The lowest BCUT2D eigenvalue weighted by Crippen LogP contribution is -1.90. The van der Waals surface area contributed by atoms with Gasteiger partial charge in [-0.05, 0) is 75.3 Å². The van der Waals surface area contributed by atoms with E-state index in [0.29, 0.717) is 0 Å². The Bertz CT molecular complexity index is 1020. The number of methoxy groups -OCH3 is 1. The molecule has 0 aliphatic carbocycles. The molecule has 0 atom stereocenters. The van der Waals surface area contributed by atoms with Gasteiger partial charge < -0.3 is 14.1 Å². The summed E-state index contributed by atoms with van der Waals surface area (Å²) in [7, 11) is 1.71. The lowest BCUT2D eigenvalue weighted by Gasteiger charge is -2.02. The van der Waals surface area contributed by atoms with Crippen LogP contribution < -0.4 is 4.74 Å². The maximum Gasteiger partial charge on any atom is 0.150 e. The van der Waals surface area contributed by atoms with Gasteiger partial charge in [-0.1, -0.05) is 50.7 Å². The number of fused-ring (bicyclic) bond motifs is 6. The standard InChI is InChI=1S/C30H40N2O2/c1-33-30-23-28-29-21-20-26(34-29)17-15-13-11-9-7-5-3-2-4-6-8-10-12-14-16-24-18-19-25(31-24)22-27(30)32-28/h6,8,18-23,32H,2-5,7,9-17H2,1H3/b8-6+,25-22-.